The van der Waals surface area contributed by atoms with Gasteiger partial charge in [0, 0.05) is 30.8 Å². The Bertz CT molecular complexity index is 815. The second kappa shape index (κ2) is 6.80. The lowest BCUT2D eigenvalue weighted by Crippen LogP contribution is -2.04. The molecule has 0 N–H and O–H groups in total. The summed E-state index contributed by atoms with van der Waals surface area (Å²) in [4.78, 5) is 21.8. The number of benzene rings is 1. The van der Waals surface area contributed by atoms with E-state index in [4.69, 9.17) is 27.9 Å². The first-order valence-electron chi connectivity index (χ1n) is 6.32. The molecule has 0 saturated heterocycles. The summed E-state index contributed by atoms with van der Waals surface area (Å²) in [5.74, 6) is -0.571. The lowest BCUT2D eigenvalue weighted by Gasteiger charge is -2.02. The molecule has 1 heterocycles. The van der Waals surface area contributed by atoms with E-state index in [1.807, 2.05) is 0 Å². The van der Waals surface area contributed by atoms with Crippen molar-refractivity contribution in [1.29, 1.82) is 0 Å². The molecule has 0 aliphatic rings. The van der Waals surface area contributed by atoms with Crippen molar-refractivity contribution in [3.63, 3.8) is 0 Å². The van der Waals surface area contributed by atoms with Crippen molar-refractivity contribution in [2.24, 2.45) is 7.05 Å². The minimum atomic E-state index is -0.672. The van der Waals surface area contributed by atoms with Gasteiger partial charge in [-0.25, -0.2) is 4.79 Å². The van der Waals surface area contributed by atoms with Crippen LogP contribution >= 0.6 is 23.2 Å². The molecule has 9 heteroatoms. The molecule has 7 nitrogen and oxygen atoms in total. The van der Waals surface area contributed by atoms with Gasteiger partial charge in [-0.2, -0.15) is 5.10 Å². The molecule has 0 aliphatic heterocycles. The van der Waals surface area contributed by atoms with E-state index in [1.165, 1.54) is 29.0 Å². The topological polar surface area (TPSA) is 87.3 Å². The van der Waals surface area contributed by atoms with Gasteiger partial charge in [0.05, 0.1) is 10.6 Å². The largest absolute Gasteiger partial charge is 0.423 e. The lowest BCUT2D eigenvalue weighted by atomic mass is 10.2. The summed E-state index contributed by atoms with van der Waals surface area (Å²) in [6.45, 7) is 1.76. The first-order valence-corrected chi connectivity index (χ1v) is 7.08. The molecule has 0 spiro atoms. The summed E-state index contributed by atoms with van der Waals surface area (Å²) >= 11 is 11.8. The van der Waals surface area contributed by atoms with Crippen LogP contribution in [-0.2, 0) is 11.8 Å². The monoisotopic (exact) mass is 355 g/mol. The molecule has 0 aliphatic carbocycles. The van der Waals surface area contributed by atoms with Crippen molar-refractivity contribution in [2.45, 2.75) is 6.92 Å². The minimum absolute atomic E-state index is 0.101. The molecule has 0 atom stereocenters. The molecule has 0 unspecified atom stereocenters. The SMILES string of the molecule is Cc1nn(C)c(Cl)c1/C=C/C(=O)Oc1ccc([N+](=O)[O-])c(Cl)c1. The number of hydrogen-bond donors (Lipinski definition) is 0. The van der Waals surface area contributed by atoms with Crippen LogP contribution in [0.4, 0.5) is 5.69 Å². The van der Waals surface area contributed by atoms with Crippen LogP contribution < -0.4 is 4.74 Å². The summed E-state index contributed by atoms with van der Waals surface area (Å²) in [7, 11) is 1.68. The zero-order valence-electron chi connectivity index (χ0n) is 12.1. The number of ether oxygens (including phenoxy) is 1. The van der Waals surface area contributed by atoms with E-state index in [2.05, 4.69) is 5.10 Å². The average Bonchev–Trinajstić information content (AvgIpc) is 2.70. The Balaban J connectivity index is 2.12. The maximum atomic E-state index is 11.8. The maximum Gasteiger partial charge on any atom is 0.336 e. The second-order valence-electron chi connectivity index (χ2n) is 4.54. The molecule has 2 aromatic rings. The van der Waals surface area contributed by atoms with Gasteiger partial charge in [-0.05, 0) is 19.1 Å². The summed E-state index contributed by atoms with van der Waals surface area (Å²) in [6, 6.07) is 3.66. The number of carbonyl (C=O) groups is 1. The number of esters is 1. The van der Waals surface area contributed by atoms with Crippen LogP contribution in [0.15, 0.2) is 24.3 Å². The third-order valence-corrected chi connectivity index (χ3v) is 3.67. The van der Waals surface area contributed by atoms with Gasteiger partial charge in [-0.3, -0.25) is 14.8 Å². The first-order chi connectivity index (χ1) is 10.8. The fraction of sp³-hybridized carbons (Fsp3) is 0.143. The Kier molecular flexibility index (Phi) is 5.02. The highest BCUT2D eigenvalue weighted by Gasteiger charge is 2.14. The van der Waals surface area contributed by atoms with E-state index >= 15 is 0 Å². The first kappa shape index (κ1) is 17.0. The number of rotatable bonds is 4. The third kappa shape index (κ3) is 3.88. The summed E-state index contributed by atoms with van der Waals surface area (Å²) in [6.07, 6.45) is 2.67. The molecule has 2 rings (SSSR count). The van der Waals surface area contributed by atoms with Crippen molar-refractivity contribution in [2.75, 3.05) is 0 Å². The second-order valence-corrected chi connectivity index (χ2v) is 5.30. The Morgan fingerprint density at radius 2 is 2.13 bits per heavy atom. The van der Waals surface area contributed by atoms with E-state index in [1.54, 1.807) is 14.0 Å². The summed E-state index contributed by atoms with van der Waals surface area (Å²) in [5.41, 5.74) is 1.01. The molecular formula is C14H11Cl2N3O4. The normalized spacial score (nSPS) is 11.0. The number of aryl methyl sites for hydroxylation is 2. The van der Waals surface area contributed by atoms with E-state index in [0.717, 1.165) is 6.07 Å². The molecular weight excluding hydrogens is 345 g/mol. The van der Waals surface area contributed by atoms with Gasteiger partial charge in [-0.1, -0.05) is 23.2 Å². The Morgan fingerprint density at radius 3 is 2.65 bits per heavy atom. The predicted molar refractivity (Wildman–Crippen MR) is 85.7 cm³/mol. The molecule has 0 bridgehead atoms. The zero-order chi connectivity index (χ0) is 17.1. The highest BCUT2D eigenvalue weighted by molar-refractivity contribution is 6.32. The molecule has 1 aromatic carbocycles. The highest BCUT2D eigenvalue weighted by atomic mass is 35.5. The Morgan fingerprint density at radius 1 is 1.43 bits per heavy atom. The molecule has 0 radical (unpaired) electrons. The van der Waals surface area contributed by atoms with Crippen molar-refractivity contribution in [3.8, 4) is 5.75 Å². The predicted octanol–water partition coefficient (Wildman–Crippen LogP) is 3.56. The Labute approximate surface area is 141 Å². The van der Waals surface area contributed by atoms with Crippen LogP contribution in [0.3, 0.4) is 0 Å². The van der Waals surface area contributed by atoms with E-state index < -0.39 is 10.9 Å². The van der Waals surface area contributed by atoms with Crippen molar-refractivity contribution in [3.05, 3.63) is 55.8 Å². The van der Waals surface area contributed by atoms with Crippen LogP contribution in [0.2, 0.25) is 10.2 Å². The number of nitro benzene ring substituents is 1. The quantitative estimate of drug-likeness (QED) is 0.275. The summed E-state index contributed by atoms with van der Waals surface area (Å²) in [5, 5.41) is 15.1. The van der Waals surface area contributed by atoms with Crippen LogP contribution in [0.1, 0.15) is 11.3 Å². The average molecular weight is 356 g/mol. The fourth-order valence-electron chi connectivity index (χ4n) is 1.84. The van der Waals surface area contributed by atoms with E-state index in [9.17, 15) is 14.9 Å². The van der Waals surface area contributed by atoms with Crippen molar-refractivity contribution < 1.29 is 14.5 Å². The molecule has 23 heavy (non-hydrogen) atoms. The van der Waals surface area contributed by atoms with Crippen molar-refractivity contribution >= 4 is 40.9 Å². The van der Waals surface area contributed by atoms with Gasteiger partial charge in [0.2, 0.25) is 0 Å². The number of hydrogen-bond acceptors (Lipinski definition) is 5. The van der Waals surface area contributed by atoms with Gasteiger partial charge in [-0.15, -0.1) is 0 Å². The van der Waals surface area contributed by atoms with E-state index in [-0.39, 0.29) is 16.5 Å². The molecule has 0 amide bonds. The van der Waals surface area contributed by atoms with Gasteiger partial charge in [0.1, 0.15) is 15.9 Å². The Hall–Kier alpha value is -2.38. The lowest BCUT2D eigenvalue weighted by molar-refractivity contribution is -0.384. The number of nitro groups is 1. The van der Waals surface area contributed by atoms with Gasteiger partial charge in [0.15, 0.2) is 0 Å². The third-order valence-electron chi connectivity index (χ3n) is 2.92. The molecule has 0 fully saturated rings. The van der Waals surface area contributed by atoms with Gasteiger partial charge in [0.25, 0.3) is 5.69 Å². The van der Waals surface area contributed by atoms with Gasteiger partial charge < -0.3 is 4.74 Å². The number of aromatic nitrogens is 2. The van der Waals surface area contributed by atoms with Crippen LogP contribution in [-0.4, -0.2) is 20.7 Å². The number of carbonyl (C=O) groups excluding carboxylic acids is 1. The molecule has 0 saturated carbocycles. The molecule has 120 valence electrons. The van der Waals surface area contributed by atoms with Crippen molar-refractivity contribution in [1.82, 2.24) is 9.78 Å². The van der Waals surface area contributed by atoms with Crippen LogP contribution in [0.5, 0.6) is 5.75 Å². The minimum Gasteiger partial charge on any atom is -0.423 e. The smallest absolute Gasteiger partial charge is 0.336 e. The fourth-order valence-corrected chi connectivity index (χ4v) is 2.31. The zero-order valence-corrected chi connectivity index (χ0v) is 13.6. The molecule has 1 aromatic heterocycles. The van der Waals surface area contributed by atoms with E-state index in [0.29, 0.717) is 16.4 Å². The van der Waals surface area contributed by atoms with Crippen LogP contribution in [0, 0.1) is 17.0 Å². The van der Waals surface area contributed by atoms with Gasteiger partial charge >= 0.3 is 5.97 Å². The number of halogens is 2. The number of nitrogens with zero attached hydrogens (tertiary/aromatic N) is 3. The summed E-state index contributed by atoms with van der Waals surface area (Å²) < 4.78 is 6.52. The highest BCUT2D eigenvalue weighted by Crippen LogP contribution is 2.28. The van der Waals surface area contributed by atoms with Crippen LogP contribution in [0.25, 0.3) is 6.08 Å². The maximum absolute atomic E-state index is 11.8. The standard InChI is InChI=1S/C14H11Cl2N3O4/c1-8-10(14(16)18(2)17-8)4-6-13(20)23-9-3-5-12(19(21)22)11(15)7-9/h3-7H,1-2H3/b6-4+.